The van der Waals surface area contributed by atoms with Crippen LogP contribution in [0.3, 0.4) is 0 Å². The Morgan fingerprint density at radius 3 is 2.58 bits per heavy atom. The largest absolute Gasteiger partial charge is 0.324 e. The van der Waals surface area contributed by atoms with Crippen molar-refractivity contribution in [3.05, 3.63) is 56.7 Å². The van der Waals surface area contributed by atoms with Crippen molar-refractivity contribution in [3.8, 4) is 10.6 Å². The molecule has 0 atom stereocenters. The van der Waals surface area contributed by atoms with Gasteiger partial charge >= 0.3 is 0 Å². The van der Waals surface area contributed by atoms with E-state index >= 15 is 0 Å². The normalized spacial score (nSPS) is 11.1. The topological polar surface area (TPSA) is 45.2 Å². The molecule has 136 valence electrons. The van der Waals surface area contributed by atoms with Gasteiger partial charge in [-0.1, -0.05) is 23.8 Å². The number of likely N-dealkylation sites (N-methyl/N-ethyl adjacent to an activating group) is 1. The monoisotopic (exact) mass is 385 g/mol. The van der Waals surface area contributed by atoms with E-state index in [2.05, 4.69) is 46.2 Å². The number of amides is 1. The van der Waals surface area contributed by atoms with E-state index in [1.54, 1.807) is 22.7 Å². The number of aromatic nitrogens is 1. The second-order valence-corrected chi connectivity index (χ2v) is 8.49. The van der Waals surface area contributed by atoms with Gasteiger partial charge in [0.1, 0.15) is 5.01 Å². The summed E-state index contributed by atoms with van der Waals surface area (Å²) in [6.07, 6.45) is 0. The first-order chi connectivity index (χ1) is 12.4. The van der Waals surface area contributed by atoms with E-state index in [1.807, 2.05) is 31.9 Å². The van der Waals surface area contributed by atoms with Gasteiger partial charge in [-0.25, -0.2) is 4.98 Å². The van der Waals surface area contributed by atoms with E-state index in [4.69, 9.17) is 0 Å². The van der Waals surface area contributed by atoms with E-state index in [-0.39, 0.29) is 5.91 Å². The lowest BCUT2D eigenvalue weighted by Gasteiger charge is -2.17. The predicted octanol–water partition coefficient (Wildman–Crippen LogP) is 4.87. The van der Waals surface area contributed by atoms with Crippen LogP contribution < -0.4 is 5.32 Å². The van der Waals surface area contributed by atoms with E-state index < -0.39 is 0 Å². The Balaban J connectivity index is 1.58. The minimum Gasteiger partial charge on any atom is -0.324 e. The summed E-state index contributed by atoms with van der Waals surface area (Å²) < 4.78 is 0. The molecule has 0 saturated carbocycles. The molecule has 0 aliphatic carbocycles. The smallest absolute Gasteiger partial charge is 0.238 e. The number of hydrogen-bond acceptors (Lipinski definition) is 5. The second kappa shape index (κ2) is 8.12. The summed E-state index contributed by atoms with van der Waals surface area (Å²) in [6.45, 7) is 7.12. The molecule has 0 unspecified atom stereocenters. The quantitative estimate of drug-likeness (QED) is 0.658. The molecule has 4 nitrogen and oxygen atoms in total. The third-order valence-electron chi connectivity index (χ3n) is 4.09. The molecule has 6 heteroatoms. The first-order valence-electron chi connectivity index (χ1n) is 8.47. The van der Waals surface area contributed by atoms with Gasteiger partial charge in [0.15, 0.2) is 0 Å². The first-order valence-corrected chi connectivity index (χ1v) is 10.2. The van der Waals surface area contributed by atoms with Gasteiger partial charge in [0.25, 0.3) is 0 Å². The van der Waals surface area contributed by atoms with Gasteiger partial charge in [0, 0.05) is 11.1 Å². The number of benzene rings is 1. The van der Waals surface area contributed by atoms with Crippen LogP contribution in [0.2, 0.25) is 0 Å². The standard InChI is InChI=1S/C20H23N3OS2/c1-13-8-14(2)20(15(3)9-13)22-18(24)10-23(4)11-19-21-16(12-26-19)17-6-5-7-25-17/h5-9,12H,10-11H2,1-4H3,(H,22,24). The number of hydrogen-bond donors (Lipinski definition) is 1. The number of nitrogens with zero attached hydrogens (tertiary/aromatic N) is 2. The second-order valence-electron chi connectivity index (χ2n) is 6.60. The van der Waals surface area contributed by atoms with Crippen LogP contribution in [0.5, 0.6) is 0 Å². The maximum atomic E-state index is 12.4. The number of anilines is 1. The fraction of sp³-hybridized carbons (Fsp3) is 0.300. The molecule has 1 amide bonds. The van der Waals surface area contributed by atoms with Crippen molar-refractivity contribution in [3.63, 3.8) is 0 Å². The number of thiazole rings is 1. The van der Waals surface area contributed by atoms with Gasteiger partial charge in [-0.2, -0.15) is 0 Å². The first kappa shape index (κ1) is 18.8. The highest BCUT2D eigenvalue weighted by Gasteiger charge is 2.13. The van der Waals surface area contributed by atoms with Crippen molar-refractivity contribution in [2.45, 2.75) is 27.3 Å². The Kier molecular flexibility index (Phi) is 5.86. The van der Waals surface area contributed by atoms with Gasteiger partial charge in [0.05, 0.1) is 23.7 Å². The van der Waals surface area contributed by atoms with Crippen molar-refractivity contribution < 1.29 is 4.79 Å². The number of thiophene rings is 1. The van der Waals surface area contributed by atoms with Crippen LogP contribution >= 0.6 is 22.7 Å². The van der Waals surface area contributed by atoms with Crippen molar-refractivity contribution >= 4 is 34.3 Å². The highest BCUT2D eigenvalue weighted by atomic mass is 32.1. The molecule has 0 spiro atoms. The van der Waals surface area contributed by atoms with Crippen LogP contribution in [-0.2, 0) is 11.3 Å². The van der Waals surface area contributed by atoms with E-state index in [1.165, 1.54) is 10.4 Å². The summed E-state index contributed by atoms with van der Waals surface area (Å²) in [5.41, 5.74) is 5.34. The van der Waals surface area contributed by atoms with E-state index in [9.17, 15) is 4.79 Å². The van der Waals surface area contributed by atoms with Crippen molar-refractivity contribution in [2.24, 2.45) is 0 Å². The van der Waals surface area contributed by atoms with Gasteiger partial charge in [-0.05, 0) is 50.4 Å². The van der Waals surface area contributed by atoms with Crippen LogP contribution in [0, 0.1) is 20.8 Å². The number of carbonyl (C=O) groups excluding carboxylic acids is 1. The summed E-state index contributed by atoms with van der Waals surface area (Å²) in [4.78, 5) is 20.3. The van der Waals surface area contributed by atoms with Crippen LogP contribution in [-0.4, -0.2) is 29.4 Å². The van der Waals surface area contributed by atoms with Crippen molar-refractivity contribution in [1.82, 2.24) is 9.88 Å². The number of rotatable bonds is 6. The zero-order valence-electron chi connectivity index (χ0n) is 15.5. The van der Waals surface area contributed by atoms with Gasteiger partial charge in [0.2, 0.25) is 5.91 Å². The Morgan fingerprint density at radius 2 is 1.92 bits per heavy atom. The van der Waals surface area contributed by atoms with E-state index in [0.29, 0.717) is 13.1 Å². The molecular formula is C20H23N3OS2. The molecule has 0 radical (unpaired) electrons. The van der Waals surface area contributed by atoms with Crippen molar-refractivity contribution in [2.75, 3.05) is 18.9 Å². The highest BCUT2D eigenvalue weighted by molar-refractivity contribution is 7.14. The van der Waals surface area contributed by atoms with Crippen LogP contribution in [0.4, 0.5) is 5.69 Å². The zero-order valence-corrected chi connectivity index (χ0v) is 17.1. The molecule has 1 aromatic carbocycles. The summed E-state index contributed by atoms with van der Waals surface area (Å²) in [6, 6.07) is 8.29. The Hall–Kier alpha value is -2.02. The number of carbonyl (C=O) groups is 1. The molecule has 2 heterocycles. The molecule has 2 aromatic heterocycles. The summed E-state index contributed by atoms with van der Waals surface area (Å²) >= 11 is 3.33. The Bertz CT molecular complexity index is 877. The van der Waals surface area contributed by atoms with Crippen LogP contribution in [0.15, 0.2) is 35.0 Å². The Labute approximate surface area is 162 Å². The third-order valence-corrected chi connectivity index (χ3v) is 5.81. The lowest BCUT2D eigenvalue weighted by Crippen LogP contribution is -2.30. The van der Waals surface area contributed by atoms with Gasteiger partial charge in [-0.15, -0.1) is 22.7 Å². The average molecular weight is 386 g/mol. The molecule has 0 bridgehead atoms. The maximum Gasteiger partial charge on any atom is 0.238 e. The minimum absolute atomic E-state index is 0.00223. The molecule has 3 rings (SSSR count). The van der Waals surface area contributed by atoms with Crippen LogP contribution in [0.1, 0.15) is 21.7 Å². The molecule has 3 aromatic rings. The molecule has 0 aliphatic heterocycles. The fourth-order valence-electron chi connectivity index (χ4n) is 3.01. The summed E-state index contributed by atoms with van der Waals surface area (Å²) in [5.74, 6) is -0.00223. The zero-order chi connectivity index (χ0) is 18.7. The van der Waals surface area contributed by atoms with Crippen LogP contribution in [0.25, 0.3) is 10.6 Å². The fourth-order valence-corrected chi connectivity index (χ4v) is 4.64. The predicted molar refractivity (Wildman–Crippen MR) is 111 cm³/mol. The number of nitrogens with one attached hydrogen (secondary N) is 1. The highest BCUT2D eigenvalue weighted by Crippen LogP contribution is 2.26. The summed E-state index contributed by atoms with van der Waals surface area (Å²) in [5, 5.41) is 8.21. The molecule has 0 fully saturated rings. The van der Waals surface area contributed by atoms with Gasteiger partial charge < -0.3 is 5.32 Å². The summed E-state index contributed by atoms with van der Waals surface area (Å²) in [7, 11) is 1.95. The Morgan fingerprint density at radius 1 is 1.19 bits per heavy atom. The lowest BCUT2D eigenvalue weighted by molar-refractivity contribution is -0.117. The molecule has 0 saturated heterocycles. The van der Waals surface area contributed by atoms with Crippen molar-refractivity contribution in [1.29, 1.82) is 0 Å². The average Bonchev–Trinajstić information content (AvgIpc) is 3.21. The third kappa shape index (κ3) is 4.58. The molecule has 1 N–H and O–H groups in total. The molecular weight excluding hydrogens is 362 g/mol. The van der Waals surface area contributed by atoms with E-state index in [0.717, 1.165) is 27.5 Å². The lowest BCUT2D eigenvalue weighted by atomic mass is 10.1. The minimum atomic E-state index is -0.00223. The maximum absolute atomic E-state index is 12.4. The molecule has 0 aliphatic rings. The number of aryl methyl sites for hydroxylation is 3. The van der Waals surface area contributed by atoms with Gasteiger partial charge in [-0.3, -0.25) is 9.69 Å². The molecule has 26 heavy (non-hydrogen) atoms. The SMILES string of the molecule is Cc1cc(C)c(NC(=O)CN(C)Cc2nc(-c3cccs3)cs2)c(C)c1.